The molecule has 3 heteroatoms. The molecule has 1 fully saturated rings. The van der Waals surface area contributed by atoms with Gasteiger partial charge in [0.05, 0.1) is 0 Å². The molecule has 2 atom stereocenters. The van der Waals surface area contributed by atoms with Crippen LogP contribution in [0.2, 0.25) is 0 Å². The summed E-state index contributed by atoms with van der Waals surface area (Å²) in [6.45, 7) is 3.09. The molecule has 3 N–H and O–H groups in total. The summed E-state index contributed by atoms with van der Waals surface area (Å²) in [7, 11) is 0. The van der Waals surface area contributed by atoms with Crippen LogP contribution in [0.1, 0.15) is 17.7 Å². The van der Waals surface area contributed by atoms with Crippen molar-refractivity contribution in [2.75, 3.05) is 13.1 Å². The minimum Gasteiger partial charge on any atom is -0.357 e. The molecule has 0 aliphatic carbocycles. The third-order valence-electron chi connectivity index (χ3n) is 4.65. The van der Waals surface area contributed by atoms with Gasteiger partial charge < -0.3 is 10.7 Å². The van der Waals surface area contributed by atoms with Crippen LogP contribution in [-0.4, -0.2) is 29.0 Å². The van der Waals surface area contributed by atoms with E-state index in [2.05, 4.69) is 34.1 Å². The molecule has 4 rings (SSSR count). The lowest BCUT2D eigenvalue weighted by molar-refractivity contribution is 0.223. The van der Waals surface area contributed by atoms with Crippen molar-refractivity contribution in [1.82, 2.24) is 9.88 Å². The number of aromatic nitrogens is 1. The third kappa shape index (κ3) is 1.44. The summed E-state index contributed by atoms with van der Waals surface area (Å²) in [6.07, 6.45) is 2.46. The Labute approximate surface area is 107 Å². The van der Waals surface area contributed by atoms with Crippen LogP contribution in [0.4, 0.5) is 0 Å². The number of rotatable bonds is 1. The first-order chi connectivity index (χ1) is 8.85. The summed E-state index contributed by atoms with van der Waals surface area (Å²) in [4.78, 5) is 6.19. The van der Waals surface area contributed by atoms with Gasteiger partial charge in [-0.1, -0.05) is 18.2 Å². The topological polar surface area (TPSA) is 45.1 Å². The van der Waals surface area contributed by atoms with Gasteiger partial charge in [-0.2, -0.15) is 0 Å². The van der Waals surface area contributed by atoms with E-state index in [1.807, 2.05) is 0 Å². The smallest absolute Gasteiger partial charge is 0.0459 e. The minimum absolute atomic E-state index is 0.699. The lowest BCUT2D eigenvalue weighted by Gasteiger charge is -2.29. The van der Waals surface area contributed by atoms with Crippen molar-refractivity contribution in [2.45, 2.75) is 25.4 Å². The molecule has 3 heterocycles. The molecule has 0 bridgehead atoms. The Bertz CT molecular complexity index is 586. The summed E-state index contributed by atoms with van der Waals surface area (Å²) >= 11 is 0. The van der Waals surface area contributed by atoms with Crippen LogP contribution in [-0.2, 0) is 13.0 Å². The van der Waals surface area contributed by atoms with Gasteiger partial charge >= 0.3 is 0 Å². The molecule has 0 unspecified atom stereocenters. The molecule has 0 saturated carbocycles. The molecular weight excluding hydrogens is 222 g/mol. The monoisotopic (exact) mass is 241 g/mol. The van der Waals surface area contributed by atoms with Gasteiger partial charge in [-0.3, -0.25) is 4.90 Å². The van der Waals surface area contributed by atoms with Crippen LogP contribution in [0.3, 0.4) is 0 Å². The van der Waals surface area contributed by atoms with Gasteiger partial charge in [0, 0.05) is 35.7 Å². The number of fused-ring (bicyclic) bond motifs is 4. The standard InChI is InChI=1S/C15H19N3/c16-7-10-5-11-6-13-12-3-1-2-4-14(12)17-15(13)9-18(11)8-10/h1-4,10-11,17H,5-9,16H2/t10-,11-/m0/s1. The number of nitrogens with zero attached hydrogens (tertiary/aromatic N) is 1. The lowest BCUT2D eigenvalue weighted by atomic mass is 9.95. The second-order valence-electron chi connectivity index (χ2n) is 5.75. The van der Waals surface area contributed by atoms with Crippen LogP contribution in [0.5, 0.6) is 0 Å². The predicted octanol–water partition coefficient (Wildman–Crippen LogP) is 1.87. The fraction of sp³-hybridized carbons (Fsp3) is 0.467. The molecule has 0 spiro atoms. The first-order valence-electron chi connectivity index (χ1n) is 6.87. The molecule has 1 aromatic heterocycles. The molecule has 0 amide bonds. The molecule has 94 valence electrons. The van der Waals surface area contributed by atoms with E-state index in [1.165, 1.54) is 36.0 Å². The number of hydrogen-bond donors (Lipinski definition) is 2. The van der Waals surface area contributed by atoms with E-state index >= 15 is 0 Å². The summed E-state index contributed by atoms with van der Waals surface area (Å²) in [5.74, 6) is 0.699. The molecule has 2 aliphatic heterocycles. The van der Waals surface area contributed by atoms with Crippen LogP contribution >= 0.6 is 0 Å². The highest BCUT2D eigenvalue weighted by molar-refractivity contribution is 5.84. The number of nitrogens with one attached hydrogen (secondary N) is 1. The maximum Gasteiger partial charge on any atom is 0.0459 e. The Hall–Kier alpha value is -1.32. The van der Waals surface area contributed by atoms with Gasteiger partial charge in [0.2, 0.25) is 0 Å². The maximum atomic E-state index is 5.82. The first kappa shape index (κ1) is 10.6. The van der Waals surface area contributed by atoms with E-state index in [1.54, 1.807) is 5.56 Å². The maximum absolute atomic E-state index is 5.82. The molecule has 1 saturated heterocycles. The number of H-pyrrole nitrogens is 1. The van der Waals surface area contributed by atoms with Crippen LogP contribution in [0, 0.1) is 5.92 Å². The highest BCUT2D eigenvalue weighted by Crippen LogP contribution is 2.35. The van der Waals surface area contributed by atoms with Crippen LogP contribution < -0.4 is 5.73 Å². The average molecular weight is 241 g/mol. The largest absolute Gasteiger partial charge is 0.357 e. The van der Waals surface area contributed by atoms with E-state index in [0.717, 1.165) is 13.1 Å². The normalized spacial score (nSPS) is 27.4. The summed E-state index contributed by atoms with van der Waals surface area (Å²) in [5.41, 5.74) is 10.1. The Balaban J connectivity index is 1.74. The number of hydrogen-bond acceptors (Lipinski definition) is 2. The van der Waals surface area contributed by atoms with E-state index in [9.17, 15) is 0 Å². The fourth-order valence-corrected chi connectivity index (χ4v) is 3.73. The van der Waals surface area contributed by atoms with Crippen LogP contribution in [0.25, 0.3) is 10.9 Å². The van der Waals surface area contributed by atoms with Crippen molar-refractivity contribution in [3.05, 3.63) is 35.5 Å². The average Bonchev–Trinajstić information content (AvgIpc) is 2.95. The Morgan fingerprint density at radius 2 is 2.22 bits per heavy atom. The number of benzene rings is 1. The van der Waals surface area contributed by atoms with E-state index in [0.29, 0.717) is 12.0 Å². The highest BCUT2D eigenvalue weighted by Gasteiger charge is 2.36. The Morgan fingerprint density at radius 3 is 3.11 bits per heavy atom. The quantitative estimate of drug-likeness (QED) is 0.800. The Kier molecular flexibility index (Phi) is 2.26. The number of aromatic amines is 1. The zero-order valence-electron chi connectivity index (χ0n) is 10.5. The summed E-state index contributed by atoms with van der Waals surface area (Å²) < 4.78 is 0. The minimum atomic E-state index is 0.699. The zero-order chi connectivity index (χ0) is 12.1. The van der Waals surface area contributed by atoms with Gasteiger partial charge in [0.1, 0.15) is 0 Å². The molecule has 2 aliphatic rings. The highest BCUT2D eigenvalue weighted by atomic mass is 15.2. The molecular formula is C15H19N3. The van der Waals surface area contributed by atoms with Crippen molar-refractivity contribution >= 4 is 10.9 Å². The molecule has 18 heavy (non-hydrogen) atoms. The third-order valence-corrected chi connectivity index (χ3v) is 4.65. The molecule has 0 radical (unpaired) electrons. The van der Waals surface area contributed by atoms with Crippen molar-refractivity contribution in [2.24, 2.45) is 11.7 Å². The predicted molar refractivity (Wildman–Crippen MR) is 73.4 cm³/mol. The molecule has 1 aromatic carbocycles. The van der Waals surface area contributed by atoms with Gasteiger partial charge in [-0.25, -0.2) is 0 Å². The number of nitrogens with two attached hydrogens (primary N) is 1. The summed E-state index contributed by atoms with van der Waals surface area (Å²) in [5, 5.41) is 1.42. The van der Waals surface area contributed by atoms with Crippen molar-refractivity contribution < 1.29 is 0 Å². The molecule has 2 aromatic rings. The van der Waals surface area contributed by atoms with Gasteiger partial charge in [-0.15, -0.1) is 0 Å². The van der Waals surface area contributed by atoms with Gasteiger partial charge in [0.25, 0.3) is 0 Å². The zero-order valence-corrected chi connectivity index (χ0v) is 10.5. The van der Waals surface area contributed by atoms with Crippen molar-refractivity contribution in [3.63, 3.8) is 0 Å². The summed E-state index contributed by atoms with van der Waals surface area (Å²) in [6, 6.07) is 9.39. The van der Waals surface area contributed by atoms with Gasteiger partial charge in [-0.05, 0) is 36.9 Å². The molecule has 3 nitrogen and oxygen atoms in total. The van der Waals surface area contributed by atoms with E-state index in [4.69, 9.17) is 5.73 Å². The second-order valence-corrected chi connectivity index (χ2v) is 5.75. The lowest BCUT2D eigenvalue weighted by Crippen LogP contribution is -2.35. The Morgan fingerprint density at radius 1 is 1.33 bits per heavy atom. The van der Waals surface area contributed by atoms with Crippen molar-refractivity contribution in [3.8, 4) is 0 Å². The van der Waals surface area contributed by atoms with Crippen LogP contribution in [0.15, 0.2) is 24.3 Å². The van der Waals surface area contributed by atoms with E-state index < -0.39 is 0 Å². The van der Waals surface area contributed by atoms with Gasteiger partial charge in [0.15, 0.2) is 0 Å². The fourth-order valence-electron chi connectivity index (χ4n) is 3.73. The van der Waals surface area contributed by atoms with Crippen molar-refractivity contribution in [1.29, 1.82) is 0 Å². The van der Waals surface area contributed by atoms with E-state index in [-0.39, 0.29) is 0 Å². The SMILES string of the molecule is NC[C@@H]1C[C@H]2Cc3c([nH]c4ccccc34)CN2C1. The number of para-hydroxylation sites is 1. The first-order valence-corrected chi connectivity index (χ1v) is 6.87. The second kappa shape index (κ2) is 3.84.